The first kappa shape index (κ1) is 28.0. The van der Waals surface area contributed by atoms with Crippen LogP contribution in [0, 0.1) is 5.82 Å². The molecule has 0 radical (unpaired) electrons. The van der Waals surface area contributed by atoms with Crippen molar-refractivity contribution in [3.63, 3.8) is 0 Å². The van der Waals surface area contributed by atoms with Gasteiger partial charge >= 0.3 is 5.97 Å². The van der Waals surface area contributed by atoms with Crippen molar-refractivity contribution in [3.05, 3.63) is 112 Å². The SMILES string of the molecule is COc1ccc([C@H]2C(C(=O)OCc3ccccc3)=C(C)N=C3SC=C(CC(=O)Nc4ccc(F)cc4)N32)cc1OC. The van der Waals surface area contributed by atoms with Gasteiger partial charge in [-0.2, -0.15) is 0 Å². The summed E-state index contributed by atoms with van der Waals surface area (Å²) in [6.07, 6.45) is -0.00141. The summed E-state index contributed by atoms with van der Waals surface area (Å²) >= 11 is 1.37. The number of ether oxygens (including phenoxy) is 3. The highest BCUT2D eigenvalue weighted by Crippen LogP contribution is 2.46. The van der Waals surface area contributed by atoms with Crippen LogP contribution in [-0.2, 0) is 20.9 Å². The number of halogens is 1. The second kappa shape index (κ2) is 12.3. The Balaban J connectivity index is 1.48. The summed E-state index contributed by atoms with van der Waals surface area (Å²) in [5, 5.41) is 5.28. The van der Waals surface area contributed by atoms with E-state index in [1.165, 1.54) is 36.0 Å². The molecule has 10 heteroatoms. The third-order valence-electron chi connectivity index (χ3n) is 6.63. The van der Waals surface area contributed by atoms with Gasteiger partial charge in [0.25, 0.3) is 0 Å². The van der Waals surface area contributed by atoms with Crippen LogP contribution >= 0.6 is 11.8 Å². The van der Waals surface area contributed by atoms with Gasteiger partial charge in [0, 0.05) is 11.4 Å². The number of esters is 1. The van der Waals surface area contributed by atoms with Gasteiger partial charge in [0.05, 0.1) is 38.0 Å². The summed E-state index contributed by atoms with van der Waals surface area (Å²) in [4.78, 5) is 33.3. The molecular weight excluding hydrogens is 545 g/mol. The second-order valence-electron chi connectivity index (χ2n) is 9.30. The molecule has 210 valence electrons. The van der Waals surface area contributed by atoms with Crippen molar-refractivity contribution in [1.82, 2.24) is 4.90 Å². The fourth-order valence-corrected chi connectivity index (χ4v) is 5.64. The van der Waals surface area contributed by atoms with E-state index in [0.717, 1.165) is 11.1 Å². The van der Waals surface area contributed by atoms with E-state index >= 15 is 0 Å². The summed E-state index contributed by atoms with van der Waals surface area (Å²) in [6.45, 7) is 1.88. The minimum absolute atomic E-state index is 0.00141. The molecule has 5 rings (SSSR count). The number of aliphatic imine (C=N–C) groups is 1. The molecule has 1 amide bonds. The lowest BCUT2D eigenvalue weighted by molar-refractivity contribution is -0.141. The number of carbonyl (C=O) groups excluding carboxylic acids is 2. The number of thioether (sulfide) groups is 1. The number of amides is 1. The van der Waals surface area contributed by atoms with Gasteiger partial charge in [0.1, 0.15) is 12.4 Å². The van der Waals surface area contributed by atoms with Crippen molar-refractivity contribution in [1.29, 1.82) is 0 Å². The molecule has 1 atom stereocenters. The summed E-state index contributed by atoms with van der Waals surface area (Å²) in [5.74, 6) is -0.162. The monoisotopic (exact) mass is 573 g/mol. The third-order valence-corrected chi connectivity index (χ3v) is 7.52. The van der Waals surface area contributed by atoms with Crippen LogP contribution in [-0.4, -0.2) is 36.2 Å². The Kier molecular flexibility index (Phi) is 8.39. The number of fused-ring (bicyclic) bond motifs is 1. The first-order valence-electron chi connectivity index (χ1n) is 12.8. The summed E-state index contributed by atoms with van der Waals surface area (Å²) < 4.78 is 30.1. The topological polar surface area (TPSA) is 89.5 Å². The normalized spacial score (nSPS) is 16.0. The number of methoxy groups -OCH3 is 2. The van der Waals surface area contributed by atoms with E-state index in [0.29, 0.717) is 39.3 Å². The molecule has 3 aromatic rings. The molecule has 2 aliphatic heterocycles. The minimum atomic E-state index is -0.648. The van der Waals surface area contributed by atoms with Gasteiger partial charge in [-0.1, -0.05) is 48.2 Å². The maximum Gasteiger partial charge on any atom is 0.338 e. The standard InChI is InChI=1S/C31H28FN3O5S/c1-19-28(30(37)40-17-20-7-5-4-6-8-20)29(21-9-14-25(38-2)26(15-21)39-3)35-24(18-41-31(35)33-19)16-27(36)34-23-12-10-22(32)11-13-23/h4-15,18,29H,16-17H2,1-3H3,(H,34,36)/t29-/m0/s1. The lowest BCUT2D eigenvalue weighted by atomic mass is 9.93. The van der Waals surface area contributed by atoms with Crippen LogP contribution in [0.1, 0.15) is 30.5 Å². The Labute approximate surface area is 241 Å². The Morgan fingerprint density at radius 1 is 1.00 bits per heavy atom. The highest BCUT2D eigenvalue weighted by atomic mass is 32.2. The van der Waals surface area contributed by atoms with Crippen molar-refractivity contribution < 1.29 is 28.2 Å². The number of anilines is 1. The van der Waals surface area contributed by atoms with Gasteiger partial charge in [-0.25, -0.2) is 14.2 Å². The van der Waals surface area contributed by atoms with Gasteiger partial charge in [0.15, 0.2) is 16.7 Å². The van der Waals surface area contributed by atoms with E-state index in [2.05, 4.69) is 5.32 Å². The largest absolute Gasteiger partial charge is 0.493 e. The van der Waals surface area contributed by atoms with E-state index in [1.807, 2.05) is 52.8 Å². The fraction of sp³-hybridized carbons (Fsp3) is 0.194. The number of hydrogen-bond acceptors (Lipinski definition) is 8. The van der Waals surface area contributed by atoms with Crippen LogP contribution in [0.25, 0.3) is 0 Å². The molecule has 0 aliphatic carbocycles. The van der Waals surface area contributed by atoms with Crippen molar-refractivity contribution in [2.75, 3.05) is 19.5 Å². The van der Waals surface area contributed by atoms with Crippen molar-refractivity contribution in [2.24, 2.45) is 4.99 Å². The van der Waals surface area contributed by atoms with E-state index in [4.69, 9.17) is 19.2 Å². The number of amidine groups is 1. The van der Waals surface area contributed by atoms with Gasteiger partial charge < -0.3 is 24.4 Å². The first-order valence-corrected chi connectivity index (χ1v) is 13.7. The molecule has 41 heavy (non-hydrogen) atoms. The number of hydrogen-bond donors (Lipinski definition) is 1. The van der Waals surface area contributed by atoms with Gasteiger partial charge in [0.2, 0.25) is 5.91 Å². The Hall–Kier alpha value is -4.57. The molecular formula is C31H28FN3O5S. The molecule has 3 aromatic carbocycles. The molecule has 2 heterocycles. The Morgan fingerprint density at radius 3 is 2.44 bits per heavy atom. The van der Waals surface area contributed by atoms with Gasteiger partial charge in [-0.15, -0.1) is 0 Å². The number of nitrogens with one attached hydrogen (secondary N) is 1. The van der Waals surface area contributed by atoms with Crippen molar-refractivity contribution >= 4 is 34.5 Å². The lowest BCUT2D eigenvalue weighted by Gasteiger charge is -2.36. The number of carbonyl (C=O) groups is 2. The van der Waals surface area contributed by atoms with E-state index in [-0.39, 0.29) is 18.9 Å². The summed E-state index contributed by atoms with van der Waals surface area (Å²) in [6, 6.07) is 19.8. The van der Waals surface area contributed by atoms with E-state index in [9.17, 15) is 14.0 Å². The minimum Gasteiger partial charge on any atom is -0.493 e. The Morgan fingerprint density at radius 2 is 1.73 bits per heavy atom. The molecule has 0 unspecified atom stereocenters. The molecule has 2 aliphatic rings. The maximum absolute atomic E-state index is 13.7. The van der Waals surface area contributed by atoms with Crippen LogP contribution < -0.4 is 14.8 Å². The van der Waals surface area contributed by atoms with Crippen LogP contribution in [0.15, 0.2) is 100 Å². The quantitative estimate of drug-likeness (QED) is 0.305. The molecule has 0 aromatic heterocycles. The highest BCUT2D eigenvalue weighted by molar-refractivity contribution is 8.16. The van der Waals surface area contributed by atoms with Gasteiger partial charge in [-0.3, -0.25) is 4.79 Å². The number of benzene rings is 3. The van der Waals surface area contributed by atoms with E-state index < -0.39 is 17.8 Å². The predicted octanol–water partition coefficient (Wildman–Crippen LogP) is 6.19. The molecule has 0 spiro atoms. The summed E-state index contributed by atoms with van der Waals surface area (Å²) in [7, 11) is 3.10. The van der Waals surface area contributed by atoms with Crippen LogP contribution in [0.2, 0.25) is 0 Å². The predicted molar refractivity (Wildman–Crippen MR) is 156 cm³/mol. The van der Waals surface area contributed by atoms with Gasteiger partial charge in [-0.05, 0) is 59.9 Å². The zero-order chi connectivity index (χ0) is 28.9. The third kappa shape index (κ3) is 6.12. The number of allylic oxidation sites excluding steroid dienone is 1. The number of nitrogens with zero attached hydrogens (tertiary/aromatic N) is 2. The molecule has 0 saturated carbocycles. The average molecular weight is 574 g/mol. The number of rotatable bonds is 9. The second-order valence-corrected chi connectivity index (χ2v) is 10.1. The maximum atomic E-state index is 13.7. The van der Waals surface area contributed by atoms with Crippen LogP contribution in [0.5, 0.6) is 11.5 Å². The fourth-order valence-electron chi connectivity index (χ4n) is 4.67. The van der Waals surface area contributed by atoms with Crippen LogP contribution in [0.3, 0.4) is 0 Å². The zero-order valence-corrected chi connectivity index (χ0v) is 23.5. The van der Waals surface area contributed by atoms with Crippen molar-refractivity contribution in [2.45, 2.75) is 26.0 Å². The zero-order valence-electron chi connectivity index (χ0n) is 22.7. The first-order chi connectivity index (χ1) is 19.9. The smallest absolute Gasteiger partial charge is 0.338 e. The highest BCUT2D eigenvalue weighted by Gasteiger charge is 2.41. The molecule has 0 bridgehead atoms. The van der Waals surface area contributed by atoms with Crippen molar-refractivity contribution in [3.8, 4) is 11.5 Å². The molecule has 1 N–H and O–H groups in total. The lowest BCUT2D eigenvalue weighted by Crippen LogP contribution is -2.37. The summed E-state index contributed by atoms with van der Waals surface area (Å²) in [5.41, 5.74) is 3.59. The average Bonchev–Trinajstić information content (AvgIpc) is 3.37. The molecule has 0 saturated heterocycles. The molecule has 8 nitrogen and oxygen atoms in total. The molecule has 0 fully saturated rings. The Bertz CT molecular complexity index is 1550. The van der Waals surface area contributed by atoms with E-state index in [1.54, 1.807) is 27.2 Å². The van der Waals surface area contributed by atoms with Crippen LogP contribution in [0.4, 0.5) is 10.1 Å².